The van der Waals surface area contributed by atoms with Gasteiger partial charge in [-0.2, -0.15) is 8.42 Å². The summed E-state index contributed by atoms with van der Waals surface area (Å²) in [6.07, 6.45) is 1.84. The maximum absolute atomic E-state index is 10.4. The highest BCUT2D eigenvalue weighted by Crippen LogP contribution is 2.15. The van der Waals surface area contributed by atoms with Crippen LogP contribution in [0.1, 0.15) is 12.8 Å². The van der Waals surface area contributed by atoms with Gasteiger partial charge in [-0.05, 0) is 54.4 Å². The van der Waals surface area contributed by atoms with Crippen LogP contribution in [0.3, 0.4) is 0 Å². The molecule has 0 unspecified atom stereocenters. The molecule has 0 amide bonds. The molecule has 0 aliphatic heterocycles. The molecule has 0 aliphatic carbocycles. The van der Waals surface area contributed by atoms with Gasteiger partial charge in [0.05, 0.1) is 6.61 Å². The van der Waals surface area contributed by atoms with Gasteiger partial charge in [0, 0.05) is 17.3 Å². The Bertz CT molecular complexity index is 479. The normalized spacial score (nSPS) is 11.5. The van der Waals surface area contributed by atoms with Crippen LogP contribution in [0.4, 0.5) is 0 Å². The van der Waals surface area contributed by atoms with Gasteiger partial charge in [-0.3, -0.25) is 4.55 Å². The summed E-state index contributed by atoms with van der Waals surface area (Å²) in [6.45, 7) is 1.96. The van der Waals surface area contributed by atoms with Crippen LogP contribution >= 0.6 is 22.4 Å². The van der Waals surface area contributed by atoms with Crippen LogP contribution in [-0.4, -0.2) is 38.4 Å². The Morgan fingerprint density at radius 3 is 2.55 bits per heavy atom. The molecule has 8 heteroatoms. The Balaban J connectivity index is 1.94. The van der Waals surface area contributed by atoms with Gasteiger partial charge in [0.15, 0.2) is 0 Å². The van der Waals surface area contributed by atoms with E-state index in [1.54, 1.807) is 12.1 Å². The van der Waals surface area contributed by atoms with Crippen LogP contribution in [0.25, 0.3) is 0 Å². The van der Waals surface area contributed by atoms with Crippen molar-refractivity contribution in [1.82, 2.24) is 5.32 Å². The van der Waals surface area contributed by atoms with Crippen LogP contribution in [-0.2, 0) is 9.15 Å². The van der Waals surface area contributed by atoms with Crippen molar-refractivity contribution in [2.45, 2.75) is 12.8 Å². The summed E-state index contributed by atoms with van der Waals surface area (Å²) in [4.78, 5) is 0. The van der Waals surface area contributed by atoms with Gasteiger partial charge in [-0.25, -0.2) is 0 Å². The highest BCUT2D eigenvalue weighted by molar-refractivity contribution is 8.69. The van der Waals surface area contributed by atoms with Crippen LogP contribution in [0, 0.1) is 0 Å². The molecule has 0 aromatic heterocycles. The van der Waals surface area contributed by atoms with Crippen molar-refractivity contribution in [3.63, 3.8) is 0 Å². The number of benzene rings is 1. The molecule has 1 aromatic carbocycles. The number of nitrogens with one attached hydrogen (secondary N) is 1. The van der Waals surface area contributed by atoms with E-state index in [1.807, 2.05) is 12.1 Å². The fraction of sp³-hybridized carbons (Fsp3) is 0.500. The van der Waals surface area contributed by atoms with Gasteiger partial charge in [0.1, 0.15) is 5.75 Å². The van der Waals surface area contributed by atoms with Crippen molar-refractivity contribution in [2.75, 3.05) is 25.4 Å². The number of rotatable bonds is 10. The predicted molar refractivity (Wildman–Crippen MR) is 83.1 cm³/mol. The van der Waals surface area contributed by atoms with Gasteiger partial charge in [0.2, 0.25) is 0 Å². The monoisotopic (exact) mass is 339 g/mol. The quantitative estimate of drug-likeness (QED) is 0.388. The van der Waals surface area contributed by atoms with Crippen LogP contribution in [0.15, 0.2) is 24.3 Å². The van der Waals surface area contributed by atoms with Crippen LogP contribution < -0.4 is 10.1 Å². The van der Waals surface area contributed by atoms with E-state index in [-0.39, 0.29) is 0 Å². The van der Waals surface area contributed by atoms with Crippen molar-refractivity contribution in [2.24, 2.45) is 0 Å². The molecular formula is C12H18ClNO4S2. The first-order valence-corrected chi connectivity index (χ1v) is 9.50. The standard InChI is InChI=1S/C12H18ClNO4S2/c13-11-3-5-12(6-4-11)18-9-2-1-7-14-8-10-19-20(15,16)17/h3-6,14H,1-2,7-10H2,(H,15,16,17). The highest BCUT2D eigenvalue weighted by atomic mass is 35.5. The molecule has 5 nitrogen and oxygen atoms in total. The summed E-state index contributed by atoms with van der Waals surface area (Å²) in [7, 11) is -3.38. The van der Waals surface area contributed by atoms with Crippen molar-refractivity contribution in [3.05, 3.63) is 29.3 Å². The van der Waals surface area contributed by atoms with Gasteiger partial charge in [-0.15, -0.1) is 0 Å². The third-order valence-electron chi connectivity index (χ3n) is 2.34. The van der Waals surface area contributed by atoms with Crippen molar-refractivity contribution in [3.8, 4) is 5.75 Å². The lowest BCUT2D eigenvalue weighted by Crippen LogP contribution is -2.19. The Labute approximate surface area is 128 Å². The fourth-order valence-electron chi connectivity index (χ4n) is 1.42. The first-order valence-electron chi connectivity index (χ1n) is 6.18. The molecule has 0 bridgehead atoms. The van der Waals surface area contributed by atoms with E-state index < -0.39 is 9.15 Å². The number of halogens is 1. The van der Waals surface area contributed by atoms with Gasteiger partial charge < -0.3 is 10.1 Å². The largest absolute Gasteiger partial charge is 0.494 e. The number of hydrogen-bond acceptors (Lipinski definition) is 5. The van der Waals surface area contributed by atoms with E-state index in [0.29, 0.717) is 34.7 Å². The molecule has 0 atom stereocenters. The summed E-state index contributed by atoms with van der Waals surface area (Å²) in [5.41, 5.74) is 0. The minimum absolute atomic E-state index is 0.333. The molecule has 0 aliphatic rings. The number of hydrogen-bond donors (Lipinski definition) is 2. The number of unbranched alkanes of at least 4 members (excludes halogenated alkanes) is 1. The second-order valence-corrected chi connectivity index (χ2v) is 7.92. The molecule has 1 aromatic rings. The maximum Gasteiger partial charge on any atom is 0.319 e. The van der Waals surface area contributed by atoms with Gasteiger partial charge in [0.25, 0.3) is 0 Å². The Kier molecular flexibility index (Phi) is 8.32. The molecule has 0 heterocycles. The lowest BCUT2D eigenvalue weighted by molar-refractivity contribution is 0.306. The lowest BCUT2D eigenvalue weighted by atomic mass is 10.3. The predicted octanol–water partition coefficient (Wildman–Crippen LogP) is 2.62. The first kappa shape index (κ1) is 17.6. The Hall–Kier alpha value is -0.470. The highest BCUT2D eigenvalue weighted by Gasteiger charge is 2.03. The molecule has 0 fully saturated rings. The zero-order valence-electron chi connectivity index (χ0n) is 10.9. The third kappa shape index (κ3) is 9.44. The number of ether oxygens (including phenoxy) is 1. The summed E-state index contributed by atoms with van der Waals surface area (Å²) in [6, 6.07) is 7.22. The maximum atomic E-state index is 10.4. The van der Waals surface area contributed by atoms with Crippen molar-refractivity contribution >= 4 is 31.5 Å². The van der Waals surface area contributed by atoms with E-state index in [2.05, 4.69) is 5.32 Å². The van der Waals surface area contributed by atoms with Crippen LogP contribution in [0.5, 0.6) is 5.75 Å². The minimum atomic E-state index is -3.91. The van der Waals surface area contributed by atoms with E-state index in [0.717, 1.165) is 25.1 Å². The SMILES string of the molecule is O=S(=O)(O)SCCNCCCCOc1ccc(Cl)cc1. The lowest BCUT2D eigenvalue weighted by Gasteiger charge is -2.06. The van der Waals surface area contributed by atoms with E-state index in [1.165, 1.54) is 0 Å². The molecule has 1 rings (SSSR count). The van der Waals surface area contributed by atoms with Crippen LogP contribution in [0.2, 0.25) is 5.02 Å². The Morgan fingerprint density at radius 1 is 1.20 bits per heavy atom. The zero-order valence-corrected chi connectivity index (χ0v) is 13.3. The molecule has 2 N–H and O–H groups in total. The second-order valence-electron chi connectivity index (χ2n) is 4.01. The molecule has 0 spiro atoms. The summed E-state index contributed by atoms with van der Waals surface area (Å²) < 4.78 is 34.9. The molecule has 114 valence electrons. The summed E-state index contributed by atoms with van der Waals surface area (Å²) >= 11 is 5.77. The van der Waals surface area contributed by atoms with E-state index in [4.69, 9.17) is 20.9 Å². The van der Waals surface area contributed by atoms with E-state index in [9.17, 15) is 8.42 Å². The van der Waals surface area contributed by atoms with Crippen molar-refractivity contribution in [1.29, 1.82) is 0 Å². The van der Waals surface area contributed by atoms with Gasteiger partial charge in [-0.1, -0.05) is 11.6 Å². The average Bonchev–Trinajstić information content (AvgIpc) is 2.37. The summed E-state index contributed by atoms with van der Waals surface area (Å²) in [5.74, 6) is 1.13. The topological polar surface area (TPSA) is 75.6 Å². The zero-order chi connectivity index (χ0) is 14.8. The third-order valence-corrected chi connectivity index (χ3v) is 4.66. The van der Waals surface area contributed by atoms with Gasteiger partial charge >= 0.3 is 9.15 Å². The minimum Gasteiger partial charge on any atom is -0.494 e. The molecule has 20 heavy (non-hydrogen) atoms. The summed E-state index contributed by atoms with van der Waals surface area (Å²) in [5, 5.41) is 3.78. The first-order chi connectivity index (χ1) is 9.47. The van der Waals surface area contributed by atoms with Crippen molar-refractivity contribution < 1.29 is 17.7 Å². The van der Waals surface area contributed by atoms with E-state index >= 15 is 0 Å². The molecule has 0 radical (unpaired) electrons. The average molecular weight is 340 g/mol. The molecular weight excluding hydrogens is 322 g/mol. The Morgan fingerprint density at radius 2 is 1.90 bits per heavy atom. The second kappa shape index (κ2) is 9.46. The molecule has 0 saturated carbocycles. The smallest absolute Gasteiger partial charge is 0.319 e. The molecule has 0 saturated heterocycles. The fourth-order valence-corrected chi connectivity index (χ4v) is 2.86.